The van der Waals surface area contributed by atoms with Crippen LogP contribution in [0, 0.1) is 11.3 Å². The Balaban J connectivity index is 1.26. The van der Waals surface area contributed by atoms with Crippen molar-refractivity contribution in [2.45, 2.75) is 12.5 Å². The van der Waals surface area contributed by atoms with Crippen molar-refractivity contribution in [2.24, 2.45) is 0 Å². The number of nitrogens with zero attached hydrogens (tertiary/aromatic N) is 4. The molecule has 1 aliphatic heterocycles. The first kappa shape index (κ1) is 23.3. The van der Waals surface area contributed by atoms with Gasteiger partial charge in [0, 0.05) is 24.7 Å². The average molecular weight is 475 g/mol. The molecule has 0 fully saturated rings. The van der Waals surface area contributed by atoms with E-state index < -0.39 is 0 Å². The molecule has 5 rings (SSSR count). The molecule has 6 nitrogen and oxygen atoms in total. The highest BCUT2D eigenvalue weighted by atomic mass is 16.5. The van der Waals surface area contributed by atoms with E-state index in [0.717, 1.165) is 28.2 Å². The molecule has 178 valence electrons. The number of hydrogen-bond acceptors (Lipinski definition) is 6. The van der Waals surface area contributed by atoms with Gasteiger partial charge in [0.1, 0.15) is 6.61 Å². The van der Waals surface area contributed by atoms with Crippen molar-refractivity contribution in [1.82, 2.24) is 9.97 Å². The molecule has 3 heterocycles. The molecular weight excluding hydrogens is 448 g/mol. The van der Waals surface area contributed by atoms with E-state index in [1.165, 1.54) is 0 Å². The zero-order valence-corrected chi connectivity index (χ0v) is 19.8. The molecule has 1 unspecified atom stereocenters. The van der Waals surface area contributed by atoms with Crippen molar-refractivity contribution in [1.29, 1.82) is 5.26 Å². The van der Waals surface area contributed by atoms with Crippen molar-refractivity contribution in [3.05, 3.63) is 126 Å². The Labute approximate surface area is 211 Å². The third-order valence-corrected chi connectivity index (χ3v) is 6.06. The van der Waals surface area contributed by atoms with Crippen LogP contribution in [-0.2, 0) is 11.3 Å². The Hall–Kier alpha value is -4.47. The molecule has 0 radical (unpaired) electrons. The number of ether oxygens (including phenoxy) is 2. The summed E-state index contributed by atoms with van der Waals surface area (Å²) in [5.41, 5.74) is 5.66. The third kappa shape index (κ3) is 5.43. The Morgan fingerprint density at radius 2 is 1.72 bits per heavy atom. The van der Waals surface area contributed by atoms with Crippen LogP contribution in [0.15, 0.2) is 103 Å². The lowest BCUT2D eigenvalue weighted by molar-refractivity contribution is 0.0875. The number of pyridine rings is 2. The summed E-state index contributed by atoms with van der Waals surface area (Å²) in [6.07, 6.45) is 5.79. The van der Waals surface area contributed by atoms with Gasteiger partial charge in [0.25, 0.3) is 0 Å². The summed E-state index contributed by atoms with van der Waals surface area (Å²) >= 11 is 0. The summed E-state index contributed by atoms with van der Waals surface area (Å²) in [7, 11) is 0. The molecular formula is C30H26N4O2. The molecule has 1 aliphatic rings. The Kier molecular flexibility index (Phi) is 7.31. The predicted molar refractivity (Wildman–Crippen MR) is 139 cm³/mol. The van der Waals surface area contributed by atoms with Gasteiger partial charge in [-0.05, 0) is 41.5 Å². The van der Waals surface area contributed by atoms with Crippen molar-refractivity contribution in [2.75, 3.05) is 24.7 Å². The second kappa shape index (κ2) is 11.3. The van der Waals surface area contributed by atoms with Gasteiger partial charge in [-0.1, -0.05) is 54.6 Å². The quantitative estimate of drug-likeness (QED) is 0.295. The van der Waals surface area contributed by atoms with Gasteiger partial charge in [-0.25, -0.2) is 4.98 Å². The van der Waals surface area contributed by atoms with E-state index >= 15 is 0 Å². The highest BCUT2D eigenvalue weighted by Crippen LogP contribution is 2.38. The van der Waals surface area contributed by atoms with Crippen LogP contribution in [0.1, 0.15) is 28.3 Å². The molecule has 0 N–H and O–H groups in total. The highest BCUT2D eigenvalue weighted by Gasteiger charge is 2.29. The first-order valence-corrected chi connectivity index (χ1v) is 11.9. The molecule has 6 heteroatoms. The smallest absolute Gasteiger partial charge is 0.213 e. The maximum absolute atomic E-state index is 9.61. The summed E-state index contributed by atoms with van der Waals surface area (Å²) in [5.74, 6) is 0.617. The minimum absolute atomic E-state index is 0.0653. The fraction of sp³-hybridized carbons (Fsp3) is 0.167. The maximum Gasteiger partial charge on any atom is 0.213 e. The van der Waals surface area contributed by atoms with E-state index in [-0.39, 0.29) is 5.92 Å². The zero-order chi connectivity index (χ0) is 24.6. The Bertz CT molecular complexity index is 1350. The lowest BCUT2D eigenvalue weighted by atomic mass is 9.95. The van der Waals surface area contributed by atoms with Crippen LogP contribution in [0.3, 0.4) is 0 Å². The molecule has 36 heavy (non-hydrogen) atoms. The second-order valence-corrected chi connectivity index (χ2v) is 8.42. The topological polar surface area (TPSA) is 71.3 Å². The number of aromatic nitrogens is 2. The van der Waals surface area contributed by atoms with Crippen LogP contribution >= 0.6 is 0 Å². The first-order chi connectivity index (χ1) is 17.8. The molecule has 0 amide bonds. The van der Waals surface area contributed by atoms with Crippen molar-refractivity contribution in [3.8, 4) is 11.9 Å². The molecule has 2 aromatic carbocycles. The van der Waals surface area contributed by atoms with E-state index in [4.69, 9.17) is 9.47 Å². The minimum atomic E-state index is 0.0653. The maximum atomic E-state index is 9.61. The van der Waals surface area contributed by atoms with Gasteiger partial charge in [0.15, 0.2) is 0 Å². The standard InChI is InChI=1S/C30H26N4O2/c31-19-24-10-4-5-11-27(24)25-18-29(28-12-6-7-15-32-28)34(21-25)26-13-14-30(33-20-26)36-17-16-35-22-23-8-2-1-3-9-23/h1-15,18,20,25H,16-17,21-22H2. The first-order valence-electron chi connectivity index (χ1n) is 11.9. The zero-order valence-electron chi connectivity index (χ0n) is 19.8. The third-order valence-electron chi connectivity index (χ3n) is 6.06. The molecule has 0 saturated heterocycles. The normalized spacial score (nSPS) is 14.8. The van der Waals surface area contributed by atoms with Gasteiger partial charge in [-0.15, -0.1) is 0 Å². The SMILES string of the molecule is N#Cc1ccccc1C1C=C(c2ccccn2)N(c2ccc(OCCOCc3ccccc3)nc2)C1. The summed E-state index contributed by atoms with van der Waals surface area (Å²) in [4.78, 5) is 11.3. The van der Waals surface area contributed by atoms with Crippen molar-refractivity contribution in [3.63, 3.8) is 0 Å². The molecule has 0 bridgehead atoms. The lowest BCUT2D eigenvalue weighted by Crippen LogP contribution is -2.21. The Morgan fingerprint density at radius 3 is 2.50 bits per heavy atom. The fourth-order valence-corrected chi connectivity index (χ4v) is 4.31. The number of hydrogen-bond donors (Lipinski definition) is 0. The van der Waals surface area contributed by atoms with Gasteiger partial charge >= 0.3 is 0 Å². The van der Waals surface area contributed by atoms with E-state index in [1.807, 2.05) is 91.1 Å². The number of anilines is 1. The van der Waals surface area contributed by atoms with E-state index in [0.29, 0.717) is 37.8 Å². The van der Waals surface area contributed by atoms with Crippen LogP contribution in [0.2, 0.25) is 0 Å². The van der Waals surface area contributed by atoms with Gasteiger partial charge in [0.05, 0.1) is 48.1 Å². The average Bonchev–Trinajstić information content (AvgIpc) is 3.40. The molecule has 2 aromatic heterocycles. The van der Waals surface area contributed by atoms with Gasteiger partial charge in [-0.3, -0.25) is 4.98 Å². The molecule has 1 atom stereocenters. The van der Waals surface area contributed by atoms with Crippen LogP contribution in [0.4, 0.5) is 5.69 Å². The fourth-order valence-electron chi connectivity index (χ4n) is 4.31. The molecule has 0 spiro atoms. The molecule has 0 saturated carbocycles. The monoisotopic (exact) mass is 474 g/mol. The minimum Gasteiger partial charge on any atom is -0.475 e. The Morgan fingerprint density at radius 1 is 0.889 bits per heavy atom. The number of benzene rings is 2. The number of nitriles is 1. The summed E-state index contributed by atoms with van der Waals surface area (Å²) in [6.45, 7) is 2.16. The summed E-state index contributed by atoms with van der Waals surface area (Å²) in [5, 5.41) is 9.61. The largest absolute Gasteiger partial charge is 0.475 e. The summed E-state index contributed by atoms with van der Waals surface area (Å²) in [6, 6.07) is 29.9. The lowest BCUT2D eigenvalue weighted by Gasteiger charge is -2.23. The summed E-state index contributed by atoms with van der Waals surface area (Å²) < 4.78 is 11.5. The van der Waals surface area contributed by atoms with Gasteiger partial charge in [-0.2, -0.15) is 5.26 Å². The van der Waals surface area contributed by atoms with E-state index in [2.05, 4.69) is 27.0 Å². The molecule has 0 aliphatic carbocycles. The predicted octanol–water partition coefficient (Wildman–Crippen LogP) is 5.59. The van der Waals surface area contributed by atoms with Crippen LogP contribution in [0.25, 0.3) is 5.70 Å². The van der Waals surface area contributed by atoms with Gasteiger partial charge < -0.3 is 14.4 Å². The van der Waals surface area contributed by atoms with E-state index in [9.17, 15) is 5.26 Å². The van der Waals surface area contributed by atoms with Crippen molar-refractivity contribution >= 4 is 11.4 Å². The van der Waals surface area contributed by atoms with E-state index in [1.54, 1.807) is 6.20 Å². The van der Waals surface area contributed by atoms with Crippen LogP contribution < -0.4 is 9.64 Å². The van der Waals surface area contributed by atoms with Crippen molar-refractivity contribution < 1.29 is 9.47 Å². The second-order valence-electron chi connectivity index (χ2n) is 8.42. The van der Waals surface area contributed by atoms with Gasteiger partial charge in [0.2, 0.25) is 5.88 Å². The van der Waals surface area contributed by atoms with Crippen LogP contribution in [-0.4, -0.2) is 29.7 Å². The highest BCUT2D eigenvalue weighted by molar-refractivity contribution is 5.81. The number of rotatable bonds is 9. The van der Waals surface area contributed by atoms with Crippen LogP contribution in [0.5, 0.6) is 5.88 Å². The molecule has 4 aromatic rings.